The molecule has 0 amide bonds. The SMILES string of the molecule is CCN(CC)CCCCONCc1ccccc1. The van der Waals surface area contributed by atoms with E-state index in [1.54, 1.807) is 0 Å². The average Bonchev–Trinajstić information content (AvgIpc) is 2.43. The summed E-state index contributed by atoms with van der Waals surface area (Å²) >= 11 is 0. The van der Waals surface area contributed by atoms with Crippen LogP contribution in [0, 0.1) is 0 Å². The largest absolute Gasteiger partial charge is 0.304 e. The molecule has 18 heavy (non-hydrogen) atoms. The molecule has 0 fully saturated rings. The third-order valence-corrected chi connectivity index (χ3v) is 3.09. The lowest BCUT2D eigenvalue weighted by molar-refractivity contribution is 0.0332. The van der Waals surface area contributed by atoms with Gasteiger partial charge in [0, 0.05) is 6.54 Å². The molecule has 0 spiro atoms. The summed E-state index contributed by atoms with van der Waals surface area (Å²) in [7, 11) is 0. The van der Waals surface area contributed by atoms with Crippen molar-refractivity contribution in [3.05, 3.63) is 35.9 Å². The van der Waals surface area contributed by atoms with Crippen molar-refractivity contribution in [1.29, 1.82) is 0 Å². The van der Waals surface area contributed by atoms with Gasteiger partial charge >= 0.3 is 0 Å². The van der Waals surface area contributed by atoms with E-state index in [1.165, 1.54) is 18.5 Å². The van der Waals surface area contributed by atoms with Gasteiger partial charge in [0.15, 0.2) is 0 Å². The summed E-state index contributed by atoms with van der Waals surface area (Å²) in [6.45, 7) is 9.44. The van der Waals surface area contributed by atoms with Crippen molar-refractivity contribution in [3.63, 3.8) is 0 Å². The first-order valence-corrected chi connectivity index (χ1v) is 6.97. The highest BCUT2D eigenvalue weighted by Gasteiger charge is 1.98. The second kappa shape index (κ2) is 10.1. The zero-order chi connectivity index (χ0) is 13.1. The first kappa shape index (κ1) is 15.2. The number of benzene rings is 1. The number of rotatable bonds is 10. The fourth-order valence-corrected chi connectivity index (χ4v) is 1.85. The van der Waals surface area contributed by atoms with Crippen LogP contribution in [0.4, 0.5) is 0 Å². The Morgan fingerprint density at radius 1 is 1.06 bits per heavy atom. The Morgan fingerprint density at radius 3 is 2.44 bits per heavy atom. The minimum absolute atomic E-state index is 0.775. The van der Waals surface area contributed by atoms with Crippen LogP contribution in [0.25, 0.3) is 0 Å². The molecule has 1 aromatic carbocycles. The van der Waals surface area contributed by atoms with Crippen LogP contribution in [0.2, 0.25) is 0 Å². The topological polar surface area (TPSA) is 24.5 Å². The van der Waals surface area contributed by atoms with Crippen LogP contribution < -0.4 is 5.48 Å². The molecule has 0 aliphatic carbocycles. The molecule has 0 aliphatic rings. The molecule has 1 aromatic rings. The second-order valence-corrected chi connectivity index (χ2v) is 4.39. The Morgan fingerprint density at radius 2 is 1.78 bits per heavy atom. The van der Waals surface area contributed by atoms with E-state index in [4.69, 9.17) is 4.84 Å². The maximum atomic E-state index is 5.42. The van der Waals surface area contributed by atoms with E-state index in [2.05, 4.69) is 36.4 Å². The quantitative estimate of drug-likeness (QED) is 0.510. The monoisotopic (exact) mass is 250 g/mol. The van der Waals surface area contributed by atoms with Crippen molar-refractivity contribution in [2.24, 2.45) is 0 Å². The van der Waals surface area contributed by atoms with E-state index < -0.39 is 0 Å². The Kier molecular flexibility index (Phi) is 8.47. The Bertz CT molecular complexity index is 286. The summed E-state index contributed by atoms with van der Waals surface area (Å²) in [6, 6.07) is 10.3. The van der Waals surface area contributed by atoms with Gasteiger partial charge in [-0.3, -0.25) is 0 Å². The van der Waals surface area contributed by atoms with E-state index in [0.29, 0.717) is 0 Å². The van der Waals surface area contributed by atoms with Gasteiger partial charge in [-0.2, -0.15) is 5.48 Å². The molecule has 0 radical (unpaired) electrons. The summed E-state index contributed by atoms with van der Waals surface area (Å²) in [5.74, 6) is 0. The number of nitrogens with one attached hydrogen (secondary N) is 1. The normalized spacial score (nSPS) is 11.1. The Hall–Kier alpha value is -0.900. The van der Waals surface area contributed by atoms with Crippen molar-refractivity contribution < 1.29 is 4.84 Å². The summed E-state index contributed by atoms with van der Waals surface area (Å²) in [5, 5.41) is 0. The number of hydrogen-bond donors (Lipinski definition) is 1. The van der Waals surface area contributed by atoms with Gasteiger partial charge in [-0.15, -0.1) is 0 Å². The summed E-state index contributed by atoms with van der Waals surface area (Å²) in [6.07, 6.45) is 2.31. The van der Waals surface area contributed by atoms with Gasteiger partial charge in [0.1, 0.15) is 0 Å². The third-order valence-electron chi connectivity index (χ3n) is 3.09. The van der Waals surface area contributed by atoms with Crippen LogP contribution in [0.3, 0.4) is 0 Å². The van der Waals surface area contributed by atoms with Crippen molar-refractivity contribution in [2.75, 3.05) is 26.2 Å². The Balaban J connectivity index is 1.93. The molecule has 102 valence electrons. The zero-order valence-corrected chi connectivity index (χ0v) is 11.7. The highest BCUT2D eigenvalue weighted by atomic mass is 16.6. The first-order chi connectivity index (χ1) is 8.86. The third kappa shape index (κ3) is 6.74. The van der Waals surface area contributed by atoms with Crippen molar-refractivity contribution >= 4 is 0 Å². The van der Waals surface area contributed by atoms with E-state index in [0.717, 1.165) is 32.7 Å². The minimum atomic E-state index is 0.775. The summed E-state index contributed by atoms with van der Waals surface area (Å²) in [4.78, 5) is 7.86. The molecule has 0 saturated carbocycles. The summed E-state index contributed by atoms with van der Waals surface area (Å²) in [5.41, 5.74) is 4.25. The maximum Gasteiger partial charge on any atom is 0.0682 e. The zero-order valence-electron chi connectivity index (χ0n) is 11.7. The number of hydrogen-bond acceptors (Lipinski definition) is 3. The standard InChI is InChI=1S/C15H26N2O/c1-3-17(4-2)12-8-9-13-18-16-14-15-10-6-5-7-11-15/h5-7,10-11,16H,3-4,8-9,12-14H2,1-2H3. The fraction of sp³-hybridized carbons (Fsp3) is 0.600. The van der Waals surface area contributed by atoms with Crippen molar-refractivity contribution in [2.45, 2.75) is 33.2 Å². The van der Waals surface area contributed by atoms with Gasteiger partial charge in [0.25, 0.3) is 0 Å². The van der Waals surface area contributed by atoms with E-state index >= 15 is 0 Å². The molecular weight excluding hydrogens is 224 g/mol. The molecule has 0 aliphatic heterocycles. The van der Waals surface area contributed by atoms with E-state index in [9.17, 15) is 0 Å². The van der Waals surface area contributed by atoms with Crippen molar-refractivity contribution in [3.8, 4) is 0 Å². The van der Waals surface area contributed by atoms with E-state index in [1.807, 2.05) is 18.2 Å². The second-order valence-electron chi connectivity index (χ2n) is 4.39. The fourth-order valence-electron chi connectivity index (χ4n) is 1.85. The highest BCUT2D eigenvalue weighted by Crippen LogP contribution is 1.98. The lowest BCUT2D eigenvalue weighted by atomic mass is 10.2. The molecule has 1 rings (SSSR count). The Labute approximate surface area is 111 Å². The molecular formula is C15H26N2O. The lowest BCUT2D eigenvalue weighted by Gasteiger charge is -2.17. The average molecular weight is 250 g/mol. The molecule has 0 aromatic heterocycles. The molecule has 0 unspecified atom stereocenters. The molecule has 0 bridgehead atoms. The minimum Gasteiger partial charge on any atom is -0.304 e. The van der Waals surface area contributed by atoms with Crippen LogP contribution in [-0.2, 0) is 11.4 Å². The predicted octanol–water partition coefficient (Wildman–Crippen LogP) is 2.83. The number of nitrogens with zero attached hydrogens (tertiary/aromatic N) is 1. The van der Waals surface area contributed by atoms with Gasteiger partial charge in [0.05, 0.1) is 6.61 Å². The highest BCUT2D eigenvalue weighted by molar-refractivity contribution is 5.13. The van der Waals surface area contributed by atoms with Gasteiger partial charge in [-0.25, -0.2) is 0 Å². The molecule has 0 atom stereocenters. The molecule has 3 heteroatoms. The van der Waals surface area contributed by atoms with E-state index in [-0.39, 0.29) is 0 Å². The van der Waals surface area contributed by atoms with Crippen LogP contribution in [-0.4, -0.2) is 31.1 Å². The molecule has 0 saturated heterocycles. The molecule has 1 N–H and O–H groups in total. The smallest absolute Gasteiger partial charge is 0.0682 e. The van der Waals surface area contributed by atoms with Gasteiger partial charge in [-0.1, -0.05) is 44.2 Å². The molecule has 0 heterocycles. The van der Waals surface area contributed by atoms with Gasteiger partial charge < -0.3 is 9.74 Å². The number of unbranched alkanes of at least 4 members (excludes halogenated alkanes) is 1. The van der Waals surface area contributed by atoms with Crippen LogP contribution >= 0.6 is 0 Å². The van der Waals surface area contributed by atoms with Crippen LogP contribution in [0.5, 0.6) is 0 Å². The van der Waals surface area contributed by atoms with Crippen molar-refractivity contribution in [1.82, 2.24) is 10.4 Å². The number of hydroxylamine groups is 1. The predicted molar refractivity (Wildman–Crippen MR) is 76.3 cm³/mol. The first-order valence-electron chi connectivity index (χ1n) is 6.97. The molecule has 3 nitrogen and oxygen atoms in total. The summed E-state index contributed by atoms with van der Waals surface area (Å²) < 4.78 is 0. The van der Waals surface area contributed by atoms with Gasteiger partial charge in [0.2, 0.25) is 0 Å². The maximum absolute atomic E-state index is 5.42. The van der Waals surface area contributed by atoms with Crippen LogP contribution in [0.15, 0.2) is 30.3 Å². The van der Waals surface area contributed by atoms with Crippen LogP contribution in [0.1, 0.15) is 32.3 Å². The van der Waals surface area contributed by atoms with Gasteiger partial charge in [-0.05, 0) is 38.0 Å². The lowest BCUT2D eigenvalue weighted by Crippen LogP contribution is -2.24.